The average molecular weight is 420 g/mol. The summed E-state index contributed by atoms with van der Waals surface area (Å²) in [4.78, 5) is 4.39. The van der Waals surface area contributed by atoms with Crippen LogP contribution in [0.5, 0.6) is 0 Å². The van der Waals surface area contributed by atoms with E-state index in [1.54, 1.807) is 0 Å². The maximum Gasteiger partial charge on any atom is 0.110 e. The number of aromatic nitrogens is 2. The second kappa shape index (κ2) is 6.16. The molecule has 1 aromatic carbocycles. The van der Waals surface area contributed by atoms with Crippen molar-refractivity contribution in [2.45, 2.75) is 12.5 Å². The highest BCUT2D eigenvalue weighted by Gasteiger charge is 2.15. The van der Waals surface area contributed by atoms with Gasteiger partial charge in [0.2, 0.25) is 0 Å². The number of hydrogen-bond acceptors (Lipinski definition) is 2. The summed E-state index contributed by atoms with van der Waals surface area (Å²) in [6.07, 6.45) is 4.70. The molecule has 1 atom stereocenters. The summed E-state index contributed by atoms with van der Waals surface area (Å²) in [7, 11) is 4.02. The lowest BCUT2D eigenvalue weighted by Gasteiger charge is -2.18. The maximum atomic E-state index is 4.39. The van der Waals surface area contributed by atoms with Gasteiger partial charge in [-0.3, -0.25) is 0 Å². The van der Waals surface area contributed by atoms with Crippen molar-refractivity contribution >= 4 is 38.5 Å². The molecule has 0 radical (unpaired) electrons. The molecule has 0 aliphatic heterocycles. The molecule has 0 fully saturated rings. The molecule has 2 rings (SSSR count). The quantitative estimate of drug-likeness (QED) is 0.770. The lowest BCUT2D eigenvalue weighted by Crippen LogP contribution is -2.21. The lowest BCUT2D eigenvalue weighted by atomic mass is 10.0. The normalized spacial score (nSPS) is 12.7. The third-order valence-corrected chi connectivity index (χ3v) is 4.47. The van der Waals surface area contributed by atoms with Gasteiger partial charge < -0.3 is 9.88 Å². The molecular weight excluding hydrogens is 405 g/mol. The summed E-state index contributed by atoms with van der Waals surface area (Å²) in [5.74, 6) is 1.09. The fourth-order valence-corrected chi connectivity index (χ4v) is 3.02. The van der Waals surface area contributed by atoms with E-state index in [-0.39, 0.29) is 6.04 Å². The minimum atomic E-state index is 0.274. The number of aryl methyl sites for hydroxylation is 1. The van der Waals surface area contributed by atoms with E-state index in [4.69, 9.17) is 0 Å². The maximum absolute atomic E-state index is 4.39. The Kier molecular flexibility index (Phi) is 4.80. The van der Waals surface area contributed by atoms with Crippen molar-refractivity contribution in [2.24, 2.45) is 7.05 Å². The number of nitrogens with zero attached hydrogens (tertiary/aromatic N) is 2. The first-order valence-electron chi connectivity index (χ1n) is 5.70. The molecule has 1 N–H and O–H groups in total. The number of nitrogens with one attached hydrogen (secondary N) is 1. The first kappa shape index (κ1) is 14.0. The smallest absolute Gasteiger partial charge is 0.110 e. The van der Waals surface area contributed by atoms with Crippen LogP contribution in [0.1, 0.15) is 17.4 Å². The van der Waals surface area contributed by atoms with Gasteiger partial charge in [0.1, 0.15) is 5.82 Å². The molecule has 5 heteroatoms. The summed E-state index contributed by atoms with van der Waals surface area (Å²) < 4.78 is 4.44. The second-order valence-electron chi connectivity index (χ2n) is 4.17. The molecule has 0 spiro atoms. The van der Waals surface area contributed by atoms with Crippen molar-refractivity contribution in [3.05, 3.63) is 50.0 Å². The standard InChI is InChI=1S/C13H15BrIN3/c1-16-12(8-13-17-5-6-18(13)2)10-7-9(14)3-4-11(10)15/h3-7,12,16H,8H2,1-2H3. The van der Waals surface area contributed by atoms with Crippen molar-refractivity contribution in [1.82, 2.24) is 14.9 Å². The van der Waals surface area contributed by atoms with Gasteiger partial charge >= 0.3 is 0 Å². The highest BCUT2D eigenvalue weighted by Crippen LogP contribution is 2.26. The molecule has 0 aliphatic rings. The Morgan fingerprint density at radius 3 is 2.89 bits per heavy atom. The summed E-state index contributed by atoms with van der Waals surface area (Å²) in [6.45, 7) is 0. The first-order valence-corrected chi connectivity index (χ1v) is 7.57. The zero-order valence-corrected chi connectivity index (χ0v) is 14.1. The predicted octanol–water partition coefficient (Wildman–Crippen LogP) is 3.29. The van der Waals surface area contributed by atoms with Crippen LogP contribution in [0.4, 0.5) is 0 Å². The third kappa shape index (κ3) is 3.13. The van der Waals surface area contributed by atoms with Crippen LogP contribution in [0.15, 0.2) is 35.1 Å². The molecule has 18 heavy (non-hydrogen) atoms. The van der Waals surface area contributed by atoms with E-state index in [0.717, 1.165) is 16.7 Å². The molecular formula is C13H15BrIN3. The highest BCUT2D eigenvalue weighted by molar-refractivity contribution is 14.1. The zero-order chi connectivity index (χ0) is 13.1. The van der Waals surface area contributed by atoms with Gasteiger partial charge in [-0.15, -0.1) is 0 Å². The summed E-state index contributed by atoms with van der Waals surface area (Å²) in [5.41, 5.74) is 1.30. The van der Waals surface area contributed by atoms with Crippen molar-refractivity contribution < 1.29 is 0 Å². The molecule has 1 heterocycles. The van der Waals surface area contributed by atoms with E-state index >= 15 is 0 Å². The van der Waals surface area contributed by atoms with Crippen LogP contribution in [0.2, 0.25) is 0 Å². The molecule has 3 nitrogen and oxygen atoms in total. The fraction of sp³-hybridized carbons (Fsp3) is 0.308. The van der Waals surface area contributed by atoms with Gasteiger partial charge in [-0.05, 0) is 53.4 Å². The van der Waals surface area contributed by atoms with Gasteiger partial charge in [0.25, 0.3) is 0 Å². The number of likely N-dealkylation sites (N-methyl/N-ethyl adjacent to an activating group) is 1. The van der Waals surface area contributed by atoms with Crippen LogP contribution in [0.25, 0.3) is 0 Å². The molecule has 0 saturated carbocycles. The lowest BCUT2D eigenvalue weighted by molar-refractivity contribution is 0.561. The van der Waals surface area contributed by atoms with Crippen molar-refractivity contribution in [3.63, 3.8) is 0 Å². The number of rotatable bonds is 4. The van der Waals surface area contributed by atoms with Gasteiger partial charge in [-0.2, -0.15) is 0 Å². The average Bonchev–Trinajstić information content (AvgIpc) is 2.75. The molecule has 1 unspecified atom stereocenters. The Hall–Kier alpha value is -0.400. The third-order valence-electron chi connectivity index (χ3n) is 2.99. The number of imidazole rings is 1. The van der Waals surface area contributed by atoms with E-state index in [2.05, 4.69) is 71.6 Å². The van der Waals surface area contributed by atoms with Crippen LogP contribution in [0.3, 0.4) is 0 Å². The molecule has 2 aromatic rings. The van der Waals surface area contributed by atoms with E-state index in [1.165, 1.54) is 9.13 Å². The van der Waals surface area contributed by atoms with E-state index < -0.39 is 0 Å². The predicted molar refractivity (Wildman–Crippen MR) is 85.6 cm³/mol. The Bertz CT molecular complexity index is 539. The Labute approximate surface area is 129 Å². The number of benzene rings is 1. The Morgan fingerprint density at radius 1 is 1.50 bits per heavy atom. The summed E-state index contributed by atoms with van der Waals surface area (Å²) in [5, 5.41) is 3.37. The van der Waals surface area contributed by atoms with Gasteiger partial charge in [-0.25, -0.2) is 4.98 Å². The molecule has 0 amide bonds. The monoisotopic (exact) mass is 419 g/mol. The summed E-state index contributed by atoms with van der Waals surface area (Å²) >= 11 is 5.91. The van der Waals surface area contributed by atoms with Gasteiger partial charge in [0, 0.05) is 39.9 Å². The first-order chi connectivity index (χ1) is 8.61. The second-order valence-corrected chi connectivity index (χ2v) is 6.24. The largest absolute Gasteiger partial charge is 0.338 e. The van der Waals surface area contributed by atoms with Crippen LogP contribution >= 0.6 is 38.5 Å². The minimum absolute atomic E-state index is 0.274. The topological polar surface area (TPSA) is 29.9 Å². The van der Waals surface area contributed by atoms with E-state index in [1.807, 2.05) is 26.5 Å². The van der Waals surface area contributed by atoms with Crippen LogP contribution < -0.4 is 5.32 Å². The van der Waals surface area contributed by atoms with Crippen LogP contribution in [0, 0.1) is 3.57 Å². The molecule has 0 aliphatic carbocycles. The van der Waals surface area contributed by atoms with Gasteiger partial charge in [-0.1, -0.05) is 15.9 Å². The van der Waals surface area contributed by atoms with E-state index in [0.29, 0.717) is 0 Å². The van der Waals surface area contributed by atoms with Gasteiger partial charge in [0.15, 0.2) is 0 Å². The van der Waals surface area contributed by atoms with Gasteiger partial charge in [0.05, 0.1) is 0 Å². The Morgan fingerprint density at radius 2 is 2.28 bits per heavy atom. The Balaban J connectivity index is 2.28. The molecule has 96 valence electrons. The number of hydrogen-bond donors (Lipinski definition) is 1. The van der Waals surface area contributed by atoms with Crippen molar-refractivity contribution in [1.29, 1.82) is 0 Å². The van der Waals surface area contributed by atoms with Crippen molar-refractivity contribution in [3.8, 4) is 0 Å². The van der Waals surface area contributed by atoms with Crippen molar-refractivity contribution in [2.75, 3.05) is 7.05 Å². The molecule has 0 bridgehead atoms. The highest BCUT2D eigenvalue weighted by atomic mass is 127. The van der Waals surface area contributed by atoms with Crippen LogP contribution in [-0.2, 0) is 13.5 Å². The fourth-order valence-electron chi connectivity index (χ4n) is 1.92. The molecule has 1 aromatic heterocycles. The minimum Gasteiger partial charge on any atom is -0.338 e. The zero-order valence-electron chi connectivity index (χ0n) is 10.3. The number of halogens is 2. The molecule has 0 saturated heterocycles. The summed E-state index contributed by atoms with van der Waals surface area (Å²) in [6, 6.07) is 6.64. The van der Waals surface area contributed by atoms with E-state index in [9.17, 15) is 0 Å². The van der Waals surface area contributed by atoms with Crippen LogP contribution in [-0.4, -0.2) is 16.6 Å². The SMILES string of the molecule is CNC(Cc1nccn1C)c1cc(Br)ccc1I.